The molecule has 1 saturated heterocycles. The molecule has 0 radical (unpaired) electrons. The summed E-state index contributed by atoms with van der Waals surface area (Å²) in [5, 5.41) is 8.40. The fourth-order valence-electron chi connectivity index (χ4n) is 2.83. The maximum atomic E-state index is 12.4. The van der Waals surface area contributed by atoms with Crippen LogP contribution in [0.3, 0.4) is 0 Å². The molecule has 1 aliphatic heterocycles. The first-order valence-electron chi connectivity index (χ1n) is 8.67. The third kappa shape index (κ3) is 5.42. The van der Waals surface area contributed by atoms with Gasteiger partial charge in [0.1, 0.15) is 5.75 Å². The first-order chi connectivity index (χ1) is 12.5. The maximum Gasteiger partial charge on any atom is 0.256 e. The van der Waals surface area contributed by atoms with Crippen molar-refractivity contribution >= 4 is 23.8 Å². The molecule has 0 aromatic heterocycles. The van der Waals surface area contributed by atoms with Gasteiger partial charge in [-0.25, -0.2) is 5.48 Å². The Labute approximate surface area is 152 Å². The lowest BCUT2D eigenvalue weighted by Gasteiger charge is -2.13. The number of hydrogen-bond donors (Lipinski definition) is 2. The molecule has 1 aromatic rings. The Hall–Kier alpha value is -2.67. The minimum atomic E-state index is -0.400. The van der Waals surface area contributed by atoms with Gasteiger partial charge in [-0.1, -0.05) is 25.0 Å². The Kier molecular flexibility index (Phi) is 7.35. The number of unbranched alkanes of at least 4 members (excludes halogenated alkanes) is 3. The number of likely N-dealkylation sites (tertiary alicyclic amines) is 1. The second kappa shape index (κ2) is 9.72. The average Bonchev–Trinajstić information content (AvgIpc) is 2.91. The summed E-state index contributed by atoms with van der Waals surface area (Å²) >= 11 is 0. The predicted molar refractivity (Wildman–Crippen MR) is 95.3 cm³/mol. The van der Waals surface area contributed by atoms with Crippen LogP contribution in [0.15, 0.2) is 29.8 Å². The largest absolute Gasteiger partial charge is 0.497 e. The van der Waals surface area contributed by atoms with Crippen LogP contribution in [0.5, 0.6) is 5.75 Å². The van der Waals surface area contributed by atoms with Gasteiger partial charge in [-0.05, 0) is 36.6 Å². The molecular weight excluding hydrogens is 336 g/mol. The third-order valence-electron chi connectivity index (χ3n) is 4.28. The van der Waals surface area contributed by atoms with Crippen LogP contribution < -0.4 is 10.2 Å². The molecule has 1 fully saturated rings. The van der Waals surface area contributed by atoms with Crippen molar-refractivity contribution in [1.29, 1.82) is 0 Å². The van der Waals surface area contributed by atoms with Crippen LogP contribution in [-0.4, -0.2) is 41.5 Å². The molecule has 140 valence electrons. The predicted octanol–water partition coefficient (Wildman–Crippen LogP) is 2.29. The minimum Gasteiger partial charge on any atom is -0.497 e. The molecule has 0 atom stereocenters. The quantitative estimate of drug-likeness (QED) is 0.232. The van der Waals surface area contributed by atoms with Crippen LogP contribution in [-0.2, 0) is 14.4 Å². The molecule has 3 amide bonds. The fourth-order valence-corrected chi connectivity index (χ4v) is 2.83. The van der Waals surface area contributed by atoms with Gasteiger partial charge in [-0.3, -0.25) is 24.5 Å². The van der Waals surface area contributed by atoms with Crippen molar-refractivity contribution < 1.29 is 24.3 Å². The van der Waals surface area contributed by atoms with Crippen molar-refractivity contribution in [3.63, 3.8) is 0 Å². The van der Waals surface area contributed by atoms with E-state index in [9.17, 15) is 14.4 Å². The van der Waals surface area contributed by atoms with Gasteiger partial charge < -0.3 is 4.74 Å². The number of methoxy groups -OCH3 is 1. The second-order valence-corrected chi connectivity index (χ2v) is 6.17. The van der Waals surface area contributed by atoms with Gasteiger partial charge in [0, 0.05) is 18.5 Å². The van der Waals surface area contributed by atoms with Gasteiger partial charge in [0.05, 0.1) is 13.5 Å². The van der Waals surface area contributed by atoms with E-state index in [0.717, 1.165) is 24.2 Å². The van der Waals surface area contributed by atoms with E-state index in [0.29, 0.717) is 25.0 Å². The number of hydrogen-bond acceptors (Lipinski definition) is 5. The van der Waals surface area contributed by atoms with Crippen LogP contribution in [0.1, 0.15) is 44.1 Å². The van der Waals surface area contributed by atoms with E-state index in [-0.39, 0.29) is 24.7 Å². The fraction of sp³-hybridized carbons (Fsp3) is 0.421. The van der Waals surface area contributed by atoms with Crippen LogP contribution in [0.25, 0.3) is 6.08 Å². The Morgan fingerprint density at radius 2 is 1.88 bits per heavy atom. The van der Waals surface area contributed by atoms with E-state index in [4.69, 9.17) is 9.94 Å². The highest BCUT2D eigenvalue weighted by Crippen LogP contribution is 2.23. The second-order valence-electron chi connectivity index (χ2n) is 6.17. The molecular formula is C19H24N2O5. The third-order valence-corrected chi connectivity index (χ3v) is 4.28. The molecule has 2 rings (SSSR count). The summed E-state index contributed by atoms with van der Waals surface area (Å²) in [6.07, 6.45) is 5.12. The highest BCUT2D eigenvalue weighted by molar-refractivity contribution is 6.15. The number of benzene rings is 1. The molecule has 7 nitrogen and oxygen atoms in total. The first-order valence-corrected chi connectivity index (χ1v) is 8.67. The van der Waals surface area contributed by atoms with Gasteiger partial charge in [-0.2, -0.15) is 0 Å². The topological polar surface area (TPSA) is 95.9 Å². The number of nitrogens with zero attached hydrogens (tertiary/aromatic N) is 1. The number of rotatable bonds is 9. The maximum absolute atomic E-state index is 12.4. The molecule has 0 bridgehead atoms. The van der Waals surface area contributed by atoms with Gasteiger partial charge in [0.15, 0.2) is 0 Å². The standard InChI is InChI=1S/C19H24N2O5/c1-26-16-9-7-14(8-10-16)12-15-13-18(23)21(19(15)24)11-5-3-2-4-6-17(22)20-25/h7-10,12,25H,2-6,11,13H2,1H3,(H,20,22). The monoisotopic (exact) mass is 360 g/mol. The van der Waals surface area contributed by atoms with Crippen LogP contribution in [0.2, 0.25) is 0 Å². The number of carbonyl (C=O) groups excluding carboxylic acids is 3. The van der Waals surface area contributed by atoms with Gasteiger partial charge >= 0.3 is 0 Å². The summed E-state index contributed by atoms with van der Waals surface area (Å²) in [6.45, 7) is 0.393. The summed E-state index contributed by atoms with van der Waals surface area (Å²) in [6, 6.07) is 7.30. The lowest BCUT2D eigenvalue weighted by atomic mass is 10.1. The lowest BCUT2D eigenvalue weighted by molar-refractivity contribution is -0.137. The van der Waals surface area contributed by atoms with Crippen molar-refractivity contribution in [2.24, 2.45) is 0 Å². The molecule has 1 aliphatic rings. The zero-order valence-electron chi connectivity index (χ0n) is 14.9. The van der Waals surface area contributed by atoms with E-state index >= 15 is 0 Å². The SMILES string of the molecule is COc1ccc(C=C2CC(=O)N(CCCCCCC(=O)NO)C2=O)cc1. The van der Waals surface area contributed by atoms with Crippen LogP contribution in [0.4, 0.5) is 0 Å². The van der Waals surface area contributed by atoms with Crippen LogP contribution >= 0.6 is 0 Å². The first kappa shape index (κ1) is 19.7. The highest BCUT2D eigenvalue weighted by Gasteiger charge is 2.32. The Balaban J connectivity index is 1.82. The van der Waals surface area contributed by atoms with E-state index in [2.05, 4.69) is 0 Å². The van der Waals surface area contributed by atoms with Crippen molar-refractivity contribution in [3.05, 3.63) is 35.4 Å². The van der Waals surface area contributed by atoms with Crippen LogP contribution in [0, 0.1) is 0 Å². The zero-order valence-corrected chi connectivity index (χ0v) is 14.9. The van der Waals surface area contributed by atoms with Gasteiger partial charge in [-0.15, -0.1) is 0 Å². The number of nitrogens with one attached hydrogen (secondary N) is 1. The van der Waals surface area contributed by atoms with Crippen molar-refractivity contribution in [1.82, 2.24) is 10.4 Å². The summed E-state index contributed by atoms with van der Waals surface area (Å²) in [5.74, 6) is -0.0674. The van der Waals surface area contributed by atoms with E-state index in [1.54, 1.807) is 18.7 Å². The molecule has 0 saturated carbocycles. The van der Waals surface area contributed by atoms with Crippen molar-refractivity contribution in [3.8, 4) is 5.75 Å². The smallest absolute Gasteiger partial charge is 0.256 e. The number of amides is 3. The molecule has 2 N–H and O–H groups in total. The summed E-state index contributed by atoms with van der Waals surface area (Å²) in [4.78, 5) is 36.7. The number of hydroxylamine groups is 1. The Morgan fingerprint density at radius 1 is 1.19 bits per heavy atom. The van der Waals surface area contributed by atoms with E-state index in [1.807, 2.05) is 24.3 Å². The zero-order chi connectivity index (χ0) is 18.9. The molecule has 0 unspecified atom stereocenters. The van der Waals surface area contributed by atoms with Crippen molar-refractivity contribution in [2.45, 2.75) is 38.5 Å². The average molecular weight is 360 g/mol. The van der Waals surface area contributed by atoms with Gasteiger partial charge in [0.25, 0.3) is 5.91 Å². The summed E-state index contributed by atoms with van der Waals surface area (Å²) in [5.41, 5.74) is 2.95. The molecule has 26 heavy (non-hydrogen) atoms. The molecule has 1 aromatic carbocycles. The molecule has 7 heteroatoms. The summed E-state index contributed by atoms with van der Waals surface area (Å²) < 4.78 is 5.10. The molecule has 0 aliphatic carbocycles. The summed E-state index contributed by atoms with van der Waals surface area (Å²) in [7, 11) is 1.59. The number of imide groups is 1. The Morgan fingerprint density at radius 3 is 2.54 bits per heavy atom. The molecule has 1 heterocycles. The highest BCUT2D eigenvalue weighted by atomic mass is 16.5. The van der Waals surface area contributed by atoms with E-state index in [1.165, 1.54) is 4.90 Å². The van der Waals surface area contributed by atoms with Gasteiger partial charge in [0.2, 0.25) is 11.8 Å². The minimum absolute atomic E-state index is 0.127. The Bertz CT molecular complexity index is 682. The lowest BCUT2D eigenvalue weighted by Crippen LogP contribution is -2.30. The van der Waals surface area contributed by atoms with E-state index < -0.39 is 5.91 Å². The normalized spacial score (nSPS) is 15.6. The number of carbonyl (C=O) groups is 3. The van der Waals surface area contributed by atoms with Crippen molar-refractivity contribution in [2.75, 3.05) is 13.7 Å². The number of ether oxygens (including phenoxy) is 1. The molecule has 0 spiro atoms.